The second-order valence-corrected chi connectivity index (χ2v) is 4.22. The summed E-state index contributed by atoms with van der Waals surface area (Å²) < 4.78 is 4.86. The third-order valence-electron chi connectivity index (χ3n) is 2.91. The van der Waals surface area contributed by atoms with Crippen molar-refractivity contribution in [1.82, 2.24) is 9.97 Å². The minimum atomic E-state index is -0.292. The number of esters is 1. The first kappa shape index (κ1) is 12.6. The SMILES string of the molecule is CCOC(=O)CNc1nc(N)nc2c1CCCC2. The molecule has 1 heterocycles. The summed E-state index contributed by atoms with van der Waals surface area (Å²) in [4.78, 5) is 19.7. The Morgan fingerprint density at radius 3 is 2.94 bits per heavy atom. The van der Waals surface area contributed by atoms with E-state index >= 15 is 0 Å². The van der Waals surface area contributed by atoms with Crippen LogP contribution < -0.4 is 11.1 Å². The number of anilines is 2. The summed E-state index contributed by atoms with van der Waals surface area (Å²) in [5.41, 5.74) is 7.75. The first-order valence-electron chi connectivity index (χ1n) is 6.25. The van der Waals surface area contributed by atoms with Crippen LogP contribution in [-0.2, 0) is 22.4 Å². The van der Waals surface area contributed by atoms with Crippen molar-refractivity contribution in [3.63, 3.8) is 0 Å². The molecule has 2 rings (SSSR count). The molecule has 3 N–H and O–H groups in total. The first-order valence-corrected chi connectivity index (χ1v) is 6.25. The van der Waals surface area contributed by atoms with Gasteiger partial charge >= 0.3 is 5.97 Å². The highest BCUT2D eigenvalue weighted by Crippen LogP contribution is 2.25. The summed E-state index contributed by atoms with van der Waals surface area (Å²) in [6.45, 7) is 2.27. The molecule has 0 bridgehead atoms. The molecule has 1 aromatic rings. The molecular weight excluding hydrogens is 232 g/mol. The van der Waals surface area contributed by atoms with Gasteiger partial charge in [0.2, 0.25) is 5.95 Å². The zero-order valence-corrected chi connectivity index (χ0v) is 10.5. The predicted octanol–water partition coefficient (Wildman–Crippen LogP) is 0.913. The molecule has 0 atom stereocenters. The number of hydrogen-bond donors (Lipinski definition) is 2. The molecule has 0 saturated carbocycles. The Morgan fingerprint density at radius 2 is 2.17 bits per heavy atom. The van der Waals surface area contributed by atoms with Gasteiger partial charge in [-0.15, -0.1) is 0 Å². The largest absolute Gasteiger partial charge is 0.465 e. The molecule has 0 spiro atoms. The Labute approximate surface area is 106 Å². The van der Waals surface area contributed by atoms with E-state index in [9.17, 15) is 4.79 Å². The number of nitrogen functional groups attached to an aromatic ring is 1. The molecule has 0 aliphatic heterocycles. The van der Waals surface area contributed by atoms with Gasteiger partial charge in [0.25, 0.3) is 0 Å². The van der Waals surface area contributed by atoms with Gasteiger partial charge in [-0.25, -0.2) is 4.98 Å². The lowest BCUT2D eigenvalue weighted by Gasteiger charge is -2.18. The molecule has 0 unspecified atom stereocenters. The first-order chi connectivity index (χ1) is 8.70. The molecule has 1 aliphatic rings. The molecule has 0 radical (unpaired) electrons. The number of nitrogens with zero attached hydrogens (tertiary/aromatic N) is 2. The van der Waals surface area contributed by atoms with Gasteiger partial charge < -0.3 is 15.8 Å². The molecule has 98 valence electrons. The average molecular weight is 250 g/mol. The van der Waals surface area contributed by atoms with Gasteiger partial charge in [-0.3, -0.25) is 4.79 Å². The molecule has 0 fully saturated rings. The topological polar surface area (TPSA) is 90.1 Å². The van der Waals surface area contributed by atoms with E-state index in [2.05, 4.69) is 15.3 Å². The molecule has 1 aliphatic carbocycles. The van der Waals surface area contributed by atoms with Crippen LogP contribution in [-0.4, -0.2) is 29.1 Å². The summed E-state index contributed by atoms with van der Waals surface area (Å²) in [5.74, 6) is 0.631. The van der Waals surface area contributed by atoms with E-state index in [0.717, 1.165) is 36.9 Å². The summed E-state index contributed by atoms with van der Waals surface area (Å²) in [5, 5.41) is 2.99. The van der Waals surface area contributed by atoms with Crippen molar-refractivity contribution in [3.05, 3.63) is 11.3 Å². The van der Waals surface area contributed by atoms with E-state index in [0.29, 0.717) is 12.4 Å². The zero-order chi connectivity index (χ0) is 13.0. The fourth-order valence-electron chi connectivity index (χ4n) is 2.13. The predicted molar refractivity (Wildman–Crippen MR) is 68.2 cm³/mol. The van der Waals surface area contributed by atoms with Crippen LogP contribution in [0.2, 0.25) is 0 Å². The van der Waals surface area contributed by atoms with E-state index in [1.807, 2.05) is 0 Å². The van der Waals surface area contributed by atoms with Crippen LogP contribution in [0.15, 0.2) is 0 Å². The summed E-state index contributed by atoms with van der Waals surface area (Å²) >= 11 is 0. The van der Waals surface area contributed by atoms with E-state index in [4.69, 9.17) is 10.5 Å². The maximum absolute atomic E-state index is 11.3. The summed E-state index contributed by atoms with van der Waals surface area (Å²) in [7, 11) is 0. The summed E-state index contributed by atoms with van der Waals surface area (Å²) in [6.07, 6.45) is 4.10. The number of fused-ring (bicyclic) bond motifs is 1. The van der Waals surface area contributed by atoms with Gasteiger partial charge in [0.15, 0.2) is 0 Å². The Bertz CT molecular complexity index is 448. The second-order valence-electron chi connectivity index (χ2n) is 4.22. The van der Waals surface area contributed by atoms with Crippen LogP contribution in [0.25, 0.3) is 0 Å². The van der Waals surface area contributed by atoms with Crippen molar-refractivity contribution in [2.45, 2.75) is 32.6 Å². The van der Waals surface area contributed by atoms with Crippen LogP contribution in [0, 0.1) is 0 Å². The minimum absolute atomic E-state index is 0.108. The maximum atomic E-state index is 11.3. The number of carbonyl (C=O) groups is 1. The maximum Gasteiger partial charge on any atom is 0.325 e. The van der Waals surface area contributed by atoms with Crippen molar-refractivity contribution >= 4 is 17.7 Å². The van der Waals surface area contributed by atoms with Crippen LogP contribution in [0.5, 0.6) is 0 Å². The number of hydrogen-bond acceptors (Lipinski definition) is 6. The van der Waals surface area contributed by atoms with Gasteiger partial charge in [-0.1, -0.05) is 0 Å². The Morgan fingerprint density at radius 1 is 1.39 bits per heavy atom. The minimum Gasteiger partial charge on any atom is -0.465 e. The highest BCUT2D eigenvalue weighted by atomic mass is 16.5. The lowest BCUT2D eigenvalue weighted by atomic mass is 9.96. The fraction of sp³-hybridized carbons (Fsp3) is 0.583. The monoisotopic (exact) mass is 250 g/mol. The number of nitrogens with two attached hydrogens (primary N) is 1. The van der Waals surface area contributed by atoms with Crippen molar-refractivity contribution < 1.29 is 9.53 Å². The number of ether oxygens (including phenoxy) is 1. The highest BCUT2D eigenvalue weighted by molar-refractivity contribution is 5.75. The number of rotatable bonds is 4. The van der Waals surface area contributed by atoms with Crippen LogP contribution >= 0.6 is 0 Å². The Balaban J connectivity index is 2.12. The molecule has 0 amide bonds. The summed E-state index contributed by atoms with van der Waals surface area (Å²) in [6, 6.07) is 0. The van der Waals surface area contributed by atoms with Gasteiger partial charge in [-0.05, 0) is 32.6 Å². The van der Waals surface area contributed by atoms with Crippen molar-refractivity contribution in [2.24, 2.45) is 0 Å². The third-order valence-corrected chi connectivity index (χ3v) is 2.91. The quantitative estimate of drug-likeness (QED) is 0.772. The second kappa shape index (κ2) is 5.66. The third kappa shape index (κ3) is 2.88. The van der Waals surface area contributed by atoms with E-state index in [-0.39, 0.29) is 18.5 Å². The average Bonchev–Trinajstić information content (AvgIpc) is 2.36. The lowest BCUT2D eigenvalue weighted by molar-refractivity contribution is -0.140. The fourth-order valence-corrected chi connectivity index (χ4v) is 2.13. The van der Waals surface area contributed by atoms with E-state index in [1.54, 1.807) is 6.92 Å². The smallest absolute Gasteiger partial charge is 0.325 e. The standard InChI is InChI=1S/C12H18N4O2/c1-2-18-10(17)7-14-11-8-5-3-4-6-9(8)15-12(13)16-11/h2-7H2,1H3,(H3,13,14,15,16). The Kier molecular flexibility index (Phi) is 3.96. The number of aryl methyl sites for hydroxylation is 1. The number of nitrogens with one attached hydrogen (secondary N) is 1. The van der Waals surface area contributed by atoms with Crippen molar-refractivity contribution in [2.75, 3.05) is 24.2 Å². The van der Waals surface area contributed by atoms with Gasteiger partial charge in [0, 0.05) is 5.56 Å². The van der Waals surface area contributed by atoms with E-state index < -0.39 is 0 Å². The van der Waals surface area contributed by atoms with E-state index in [1.165, 1.54) is 0 Å². The molecule has 1 aromatic heterocycles. The number of aromatic nitrogens is 2. The molecule has 0 aromatic carbocycles. The molecular formula is C12H18N4O2. The van der Waals surface area contributed by atoms with Crippen LogP contribution in [0.3, 0.4) is 0 Å². The molecule has 18 heavy (non-hydrogen) atoms. The normalized spacial score (nSPS) is 13.8. The van der Waals surface area contributed by atoms with Gasteiger partial charge in [0.05, 0.1) is 12.3 Å². The van der Waals surface area contributed by atoms with Gasteiger partial charge in [0.1, 0.15) is 12.4 Å². The molecule has 6 heteroatoms. The van der Waals surface area contributed by atoms with Crippen molar-refractivity contribution in [3.8, 4) is 0 Å². The van der Waals surface area contributed by atoms with Crippen LogP contribution in [0.1, 0.15) is 31.0 Å². The molecule has 0 saturated heterocycles. The molecule has 6 nitrogen and oxygen atoms in total. The lowest BCUT2D eigenvalue weighted by Crippen LogP contribution is -2.20. The highest BCUT2D eigenvalue weighted by Gasteiger charge is 2.17. The van der Waals surface area contributed by atoms with Gasteiger partial charge in [-0.2, -0.15) is 4.98 Å². The zero-order valence-electron chi connectivity index (χ0n) is 10.5. The Hall–Kier alpha value is -1.85. The van der Waals surface area contributed by atoms with Crippen molar-refractivity contribution in [1.29, 1.82) is 0 Å². The van der Waals surface area contributed by atoms with Crippen LogP contribution in [0.4, 0.5) is 11.8 Å². The number of carbonyl (C=O) groups excluding carboxylic acids is 1.